The van der Waals surface area contributed by atoms with Gasteiger partial charge in [-0.2, -0.15) is 0 Å². The summed E-state index contributed by atoms with van der Waals surface area (Å²) in [6, 6.07) is 7.18. The Kier molecular flexibility index (Phi) is 3.44. The molecular formula is C13H17NO2. The Morgan fingerprint density at radius 2 is 2.06 bits per heavy atom. The number of ether oxygens (including phenoxy) is 1. The predicted octanol–water partition coefficient (Wildman–Crippen LogP) is 2.23. The van der Waals surface area contributed by atoms with Crippen LogP contribution in [0.1, 0.15) is 29.6 Å². The van der Waals surface area contributed by atoms with Crippen LogP contribution < -0.4 is 10.1 Å². The standard InChI is InChI=1S/C13H17NO2/c1-16-12-7-5-11(6-8-12)13(15)14-9-10-3-2-4-10/h5-8,10H,2-4,9H2,1H3,(H,14,15). The van der Waals surface area contributed by atoms with Crippen LogP contribution in [0.3, 0.4) is 0 Å². The highest BCUT2D eigenvalue weighted by Gasteiger charge is 2.18. The second-order valence-corrected chi connectivity index (χ2v) is 4.24. The van der Waals surface area contributed by atoms with E-state index in [2.05, 4.69) is 5.32 Å². The molecule has 1 amide bonds. The van der Waals surface area contributed by atoms with Crippen molar-refractivity contribution in [2.75, 3.05) is 13.7 Å². The van der Waals surface area contributed by atoms with Crippen molar-refractivity contribution in [3.8, 4) is 5.75 Å². The molecule has 16 heavy (non-hydrogen) atoms. The Hall–Kier alpha value is -1.51. The molecular weight excluding hydrogens is 202 g/mol. The molecule has 0 aromatic heterocycles. The number of carbonyl (C=O) groups is 1. The molecule has 86 valence electrons. The van der Waals surface area contributed by atoms with Crippen LogP contribution in [0.25, 0.3) is 0 Å². The lowest BCUT2D eigenvalue weighted by Crippen LogP contribution is -2.32. The number of benzene rings is 1. The van der Waals surface area contributed by atoms with Gasteiger partial charge in [0, 0.05) is 12.1 Å². The predicted molar refractivity (Wildman–Crippen MR) is 62.7 cm³/mol. The molecule has 2 rings (SSSR count). The number of amides is 1. The molecule has 0 saturated heterocycles. The third-order valence-electron chi connectivity index (χ3n) is 3.13. The van der Waals surface area contributed by atoms with E-state index in [1.807, 2.05) is 0 Å². The summed E-state index contributed by atoms with van der Waals surface area (Å²) in [7, 11) is 1.62. The van der Waals surface area contributed by atoms with Crippen molar-refractivity contribution in [2.24, 2.45) is 5.92 Å². The molecule has 1 aliphatic carbocycles. The second kappa shape index (κ2) is 5.01. The molecule has 0 aliphatic heterocycles. The fourth-order valence-corrected chi connectivity index (χ4v) is 1.78. The van der Waals surface area contributed by atoms with Gasteiger partial charge in [-0.25, -0.2) is 0 Å². The molecule has 0 atom stereocenters. The van der Waals surface area contributed by atoms with Crippen molar-refractivity contribution in [1.82, 2.24) is 5.32 Å². The van der Waals surface area contributed by atoms with Crippen LogP contribution in [0.15, 0.2) is 24.3 Å². The first-order chi connectivity index (χ1) is 7.79. The first-order valence-corrected chi connectivity index (χ1v) is 5.72. The van der Waals surface area contributed by atoms with Gasteiger partial charge < -0.3 is 10.1 Å². The van der Waals surface area contributed by atoms with Gasteiger partial charge >= 0.3 is 0 Å². The quantitative estimate of drug-likeness (QED) is 0.843. The summed E-state index contributed by atoms with van der Waals surface area (Å²) in [4.78, 5) is 11.7. The summed E-state index contributed by atoms with van der Waals surface area (Å²) in [6.07, 6.45) is 3.81. The van der Waals surface area contributed by atoms with Crippen molar-refractivity contribution >= 4 is 5.91 Å². The number of rotatable bonds is 4. The van der Waals surface area contributed by atoms with Gasteiger partial charge in [0.1, 0.15) is 5.75 Å². The molecule has 3 nitrogen and oxygen atoms in total. The van der Waals surface area contributed by atoms with E-state index in [9.17, 15) is 4.79 Å². The first kappa shape index (κ1) is 11.0. The Balaban J connectivity index is 1.86. The molecule has 1 aliphatic rings. The highest BCUT2D eigenvalue weighted by Crippen LogP contribution is 2.25. The van der Waals surface area contributed by atoms with Gasteiger partial charge in [0.25, 0.3) is 5.91 Å². The zero-order valence-electron chi connectivity index (χ0n) is 9.53. The highest BCUT2D eigenvalue weighted by molar-refractivity contribution is 5.94. The van der Waals surface area contributed by atoms with Gasteiger partial charge in [-0.3, -0.25) is 4.79 Å². The minimum Gasteiger partial charge on any atom is -0.497 e. The summed E-state index contributed by atoms with van der Waals surface area (Å²) in [6.45, 7) is 0.810. The molecule has 3 heteroatoms. The van der Waals surface area contributed by atoms with Crippen LogP contribution in [0.4, 0.5) is 0 Å². The molecule has 0 heterocycles. The van der Waals surface area contributed by atoms with Gasteiger partial charge in [-0.15, -0.1) is 0 Å². The summed E-state index contributed by atoms with van der Waals surface area (Å²) in [5, 5.41) is 2.96. The zero-order chi connectivity index (χ0) is 11.4. The van der Waals surface area contributed by atoms with Gasteiger partial charge in [0.05, 0.1) is 7.11 Å². The summed E-state index contributed by atoms with van der Waals surface area (Å²) in [5.41, 5.74) is 0.695. The van der Waals surface area contributed by atoms with Gasteiger partial charge in [0.2, 0.25) is 0 Å². The lowest BCUT2D eigenvalue weighted by atomic mass is 9.85. The maximum absolute atomic E-state index is 11.7. The summed E-state index contributed by atoms with van der Waals surface area (Å²) < 4.78 is 5.04. The average molecular weight is 219 g/mol. The maximum Gasteiger partial charge on any atom is 0.251 e. The van der Waals surface area contributed by atoms with Crippen molar-refractivity contribution in [2.45, 2.75) is 19.3 Å². The van der Waals surface area contributed by atoms with E-state index in [1.165, 1.54) is 19.3 Å². The summed E-state index contributed by atoms with van der Waals surface area (Å²) >= 11 is 0. The summed E-state index contributed by atoms with van der Waals surface area (Å²) in [5.74, 6) is 1.48. The zero-order valence-corrected chi connectivity index (χ0v) is 9.53. The molecule has 0 bridgehead atoms. The van der Waals surface area contributed by atoms with E-state index >= 15 is 0 Å². The Bertz CT molecular complexity index is 355. The molecule has 0 radical (unpaired) electrons. The molecule has 1 N–H and O–H groups in total. The lowest BCUT2D eigenvalue weighted by Gasteiger charge is -2.25. The van der Waals surface area contributed by atoms with Gasteiger partial charge in [0.15, 0.2) is 0 Å². The van der Waals surface area contributed by atoms with Crippen molar-refractivity contribution in [3.05, 3.63) is 29.8 Å². The Morgan fingerprint density at radius 3 is 2.56 bits per heavy atom. The van der Waals surface area contributed by atoms with Crippen LogP contribution in [-0.2, 0) is 0 Å². The van der Waals surface area contributed by atoms with Crippen molar-refractivity contribution in [3.63, 3.8) is 0 Å². The Labute approximate surface area is 95.8 Å². The van der Waals surface area contributed by atoms with Crippen molar-refractivity contribution < 1.29 is 9.53 Å². The van der Waals surface area contributed by atoms with Crippen LogP contribution in [-0.4, -0.2) is 19.6 Å². The number of hydrogen-bond acceptors (Lipinski definition) is 2. The average Bonchev–Trinajstić information content (AvgIpc) is 2.27. The van der Waals surface area contributed by atoms with E-state index in [-0.39, 0.29) is 5.91 Å². The normalized spacial score (nSPS) is 15.3. The minimum absolute atomic E-state index is 0.00885. The lowest BCUT2D eigenvalue weighted by molar-refractivity contribution is 0.0939. The third kappa shape index (κ3) is 2.54. The fraction of sp³-hybridized carbons (Fsp3) is 0.462. The van der Waals surface area contributed by atoms with E-state index < -0.39 is 0 Å². The van der Waals surface area contributed by atoms with Crippen molar-refractivity contribution in [1.29, 1.82) is 0 Å². The molecule has 1 aromatic rings. The topological polar surface area (TPSA) is 38.3 Å². The molecule has 1 fully saturated rings. The second-order valence-electron chi connectivity index (χ2n) is 4.24. The highest BCUT2D eigenvalue weighted by atomic mass is 16.5. The number of methoxy groups -OCH3 is 1. The van der Waals surface area contributed by atoms with E-state index in [0.717, 1.165) is 12.3 Å². The van der Waals surface area contributed by atoms with E-state index in [1.54, 1.807) is 31.4 Å². The molecule has 0 spiro atoms. The van der Waals surface area contributed by atoms with Crippen LogP contribution in [0.2, 0.25) is 0 Å². The number of nitrogens with one attached hydrogen (secondary N) is 1. The number of hydrogen-bond donors (Lipinski definition) is 1. The Morgan fingerprint density at radius 1 is 1.38 bits per heavy atom. The van der Waals surface area contributed by atoms with Crippen LogP contribution >= 0.6 is 0 Å². The van der Waals surface area contributed by atoms with E-state index in [0.29, 0.717) is 11.5 Å². The van der Waals surface area contributed by atoms with Crippen LogP contribution in [0, 0.1) is 5.92 Å². The smallest absolute Gasteiger partial charge is 0.251 e. The largest absolute Gasteiger partial charge is 0.497 e. The first-order valence-electron chi connectivity index (χ1n) is 5.72. The third-order valence-corrected chi connectivity index (χ3v) is 3.13. The SMILES string of the molecule is COc1ccc(C(=O)NCC2CCC2)cc1. The van der Waals surface area contributed by atoms with Crippen LogP contribution in [0.5, 0.6) is 5.75 Å². The van der Waals surface area contributed by atoms with E-state index in [4.69, 9.17) is 4.74 Å². The molecule has 1 saturated carbocycles. The van der Waals surface area contributed by atoms with Gasteiger partial charge in [-0.1, -0.05) is 6.42 Å². The van der Waals surface area contributed by atoms with Gasteiger partial charge in [-0.05, 0) is 43.0 Å². The number of carbonyl (C=O) groups excluding carboxylic acids is 1. The fourth-order valence-electron chi connectivity index (χ4n) is 1.78. The monoisotopic (exact) mass is 219 g/mol. The minimum atomic E-state index is 0.00885. The molecule has 0 unspecified atom stereocenters. The molecule has 1 aromatic carbocycles. The maximum atomic E-state index is 11.7.